The van der Waals surface area contributed by atoms with Gasteiger partial charge < -0.3 is 5.73 Å². The molecule has 0 fully saturated rings. The molecule has 2 aromatic rings. The fourth-order valence-corrected chi connectivity index (χ4v) is 1.51. The van der Waals surface area contributed by atoms with Gasteiger partial charge in [0.25, 0.3) is 6.43 Å². The number of aromatic nitrogens is 4. The number of nitrogens with zero attached hydrogens (tertiary/aromatic N) is 4. The Hall–Kier alpha value is -1.76. The van der Waals surface area contributed by atoms with Gasteiger partial charge in [0, 0.05) is 5.56 Å². The van der Waals surface area contributed by atoms with Crippen LogP contribution in [0.15, 0.2) is 18.2 Å². The SMILES string of the molecule is Nc1ccc(-c2nnnn2CC(F)F)cc1Cl. The molecule has 1 aromatic carbocycles. The third-order valence-electron chi connectivity index (χ3n) is 2.10. The summed E-state index contributed by atoms with van der Waals surface area (Å²) in [6.45, 7) is -0.565. The molecule has 17 heavy (non-hydrogen) atoms. The number of rotatable bonds is 3. The van der Waals surface area contributed by atoms with Crippen LogP contribution >= 0.6 is 11.6 Å². The second kappa shape index (κ2) is 4.62. The summed E-state index contributed by atoms with van der Waals surface area (Å²) in [6, 6.07) is 4.72. The zero-order valence-corrected chi connectivity index (χ0v) is 9.27. The highest BCUT2D eigenvalue weighted by molar-refractivity contribution is 6.33. The number of hydrogen-bond acceptors (Lipinski definition) is 4. The molecule has 90 valence electrons. The van der Waals surface area contributed by atoms with E-state index in [4.69, 9.17) is 17.3 Å². The molecular formula is C9H8ClF2N5. The van der Waals surface area contributed by atoms with Crippen molar-refractivity contribution in [1.82, 2.24) is 20.2 Å². The summed E-state index contributed by atoms with van der Waals surface area (Å²) < 4.78 is 25.6. The third-order valence-corrected chi connectivity index (χ3v) is 2.43. The van der Waals surface area contributed by atoms with Crippen LogP contribution in [-0.2, 0) is 6.54 Å². The molecule has 0 aliphatic heterocycles. The number of benzene rings is 1. The van der Waals surface area contributed by atoms with Gasteiger partial charge >= 0.3 is 0 Å². The molecule has 0 radical (unpaired) electrons. The largest absolute Gasteiger partial charge is 0.398 e. The first-order valence-electron chi connectivity index (χ1n) is 4.67. The Kier molecular flexibility index (Phi) is 3.19. The van der Waals surface area contributed by atoms with Crippen molar-refractivity contribution in [3.05, 3.63) is 23.2 Å². The smallest absolute Gasteiger partial charge is 0.258 e. The minimum atomic E-state index is -2.53. The topological polar surface area (TPSA) is 69.6 Å². The van der Waals surface area contributed by atoms with E-state index in [9.17, 15) is 8.78 Å². The number of nitrogen functional groups attached to an aromatic ring is 1. The first kappa shape index (κ1) is 11.7. The molecule has 0 saturated carbocycles. The van der Waals surface area contributed by atoms with E-state index < -0.39 is 13.0 Å². The second-order valence-electron chi connectivity index (χ2n) is 3.31. The van der Waals surface area contributed by atoms with E-state index in [0.717, 1.165) is 4.68 Å². The van der Waals surface area contributed by atoms with Gasteiger partial charge in [0.15, 0.2) is 5.82 Å². The molecule has 0 aliphatic carbocycles. The number of tetrazole rings is 1. The second-order valence-corrected chi connectivity index (χ2v) is 3.72. The van der Waals surface area contributed by atoms with Crippen molar-refractivity contribution in [2.45, 2.75) is 13.0 Å². The molecule has 5 nitrogen and oxygen atoms in total. The number of halogens is 3. The van der Waals surface area contributed by atoms with Gasteiger partial charge in [-0.25, -0.2) is 13.5 Å². The molecule has 1 heterocycles. The fraction of sp³-hybridized carbons (Fsp3) is 0.222. The van der Waals surface area contributed by atoms with Gasteiger partial charge in [0.2, 0.25) is 0 Å². The predicted octanol–water partition coefficient (Wildman–Crippen LogP) is 1.84. The van der Waals surface area contributed by atoms with Crippen LogP contribution in [0, 0.1) is 0 Å². The Morgan fingerprint density at radius 3 is 2.82 bits per heavy atom. The molecule has 0 atom stereocenters. The quantitative estimate of drug-likeness (QED) is 0.854. The van der Waals surface area contributed by atoms with Gasteiger partial charge in [-0.3, -0.25) is 0 Å². The number of anilines is 1. The Bertz CT molecular complexity index is 528. The van der Waals surface area contributed by atoms with Crippen molar-refractivity contribution in [2.24, 2.45) is 0 Å². The van der Waals surface area contributed by atoms with Gasteiger partial charge in [-0.1, -0.05) is 11.6 Å². The van der Waals surface area contributed by atoms with Crippen molar-refractivity contribution in [2.75, 3.05) is 5.73 Å². The van der Waals surface area contributed by atoms with Crippen LogP contribution in [0.3, 0.4) is 0 Å². The third kappa shape index (κ3) is 2.50. The summed E-state index contributed by atoms with van der Waals surface area (Å²) in [5.41, 5.74) is 6.49. The summed E-state index contributed by atoms with van der Waals surface area (Å²) in [5.74, 6) is 0.229. The Morgan fingerprint density at radius 1 is 1.41 bits per heavy atom. The lowest BCUT2D eigenvalue weighted by molar-refractivity contribution is 0.121. The van der Waals surface area contributed by atoms with Crippen molar-refractivity contribution >= 4 is 17.3 Å². The Morgan fingerprint density at radius 2 is 2.18 bits per heavy atom. The van der Waals surface area contributed by atoms with Crippen molar-refractivity contribution < 1.29 is 8.78 Å². The first-order valence-corrected chi connectivity index (χ1v) is 5.05. The molecular weight excluding hydrogens is 252 g/mol. The van der Waals surface area contributed by atoms with Gasteiger partial charge in [-0.05, 0) is 28.6 Å². The minimum absolute atomic E-state index is 0.229. The molecule has 0 aliphatic rings. The van der Waals surface area contributed by atoms with Crippen molar-refractivity contribution in [1.29, 1.82) is 0 Å². The standard InChI is InChI=1S/C9H8ClF2N5/c10-6-3-5(1-2-7(6)13)9-14-15-16-17(9)4-8(11)12/h1-3,8H,4,13H2. The summed E-state index contributed by atoms with van der Waals surface area (Å²) in [7, 11) is 0. The van der Waals surface area contributed by atoms with Gasteiger partial charge in [-0.15, -0.1) is 5.10 Å². The lowest BCUT2D eigenvalue weighted by Gasteiger charge is -2.05. The average molecular weight is 260 g/mol. The van der Waals surface area contributed by atoms with E-state index >= 15 is 0 Å². The summed E-state index contributed by atoms with van der Waals surface area (Å²) in [5, 5.41) is 10.9. The molecule has 0 spiro atoms. The molecule has 8 heteroatoms. The summed E-state index contributed by atoms with van der Waals surface area (Å²) >= 11 is 5.84. The van der Waals surface area contributed by atoms with Gasteiger partial charge in [0.05, 0.1) is 10.7 Å². The van der Waals surface area contributed by atoms with Crippen LogP contribution in [-0.4, -0.2) is 26.6 Å². The normalized spacial score (nSPS) is 11.1. The van der Waals surface area contributed by atoms with Crippen LogP contribution in [0.25, 0.3) is 11.4 Å². The van der Waals surface area contributed by atoms with E-state index in [1.165, 1.54) is 6.07 Å². The van der Waals surface area contributed by atoms with Crippen molar-refractivity contribution in [3.8, 4) is 11.4 Å². The van der Waals surface area contributed by atoms with Crippen LogP contribution < -0.4 is 5.73 Å². The van der Waals surface area contributed by atoms with E-state index in [0.29, 0.717) is 16.3 Å². The maximum Gasteiger partial charge on any atom is 0.258 e. The van der Waals surface area contributed by atoms with Crippen LogP contribution in [0.4, 0.5) is 14.5 Å². The summed E-state index contributed by atoms with van der Waals surface area (Å²) in [4.78, 5) is 0. The number of alkyl halides is 2. The molecule has 0 bridgehead atoms. The minimum Gasteiger partial charge on any atom is -0.398 e. The molecule has 0 saturated heterocycles. The fourth-order valence-electron chi connectivity index (χ4n) is 1.33. The lowest BCUT2D eigenvalue weighted by atomic mass is 10.2. The average Bonchev–Trinajstić information content (AvgIpc) is 2.69. The summed E-state index contributed by atoms with van der Waals surface area (Å²) in [6.07, 6.45) is -2.53. The molecule has 2 N–H and O–H groups in total. The van der Waals surface area contributed by atoms with Crippen molar-refractivity contribution in [3.63, 3.8) is 0 Å². The molecule has 0 amide bonds. The zero-order valence-electron chi connectivity index (χ0n) is 8.52. The molecule has 0 unspecified atom stereocenters. The maximum atomic E-state index is 12.3. The number of nitrogens with two attached hydrogens (primary N) is 1. The van der Waals surface area contributed by atoms with E-state index in [-0.39, 0.29) is 5.82 Å². The van der Waals surface area contributed by atoms with Crippen LogP contribution in [0.1, 0.15) is 0 Å². The van der Waals surface area contributed by atoms with Gasteiger partial charge in [0.1, 0.15) is 6.54 Å². The van der Waals surface area contributed by atoms with E-state index in [1.54, 1.807) is 12.1 Å². The highest BCUT2D eigenvalue weighted by Gasteiger charge is 2.13. The maximum absolute atomic E-state index is 12.3. The zero-order chi connectivity index (χ0) is 12.4. The molecule has 2 rings (SSSR count). The van der Waals surface area contributed by atoms with E-state index in [1.807, 2.05) is 0 Å². The first-order chi connectivity index (χ1) is 8.08. The Balaban J connectivity index is 2.39. The lowest BCUT2D eigenvalue weighted by Crippen LogP contribution is -2.10. The highest BCUT2D eigenvalue weighted by atomic mass is 35.5. The monoisotopic (exact) mass is 259 g/mol. The van der Waals surface area contributed by atoms with E-state index in [2.05, 4.69) is 15.5 Å². The number of hydrogen-bond donors (Lipinski definition) is 1. The van der Waals surface area contributed by atoms with Crippen LogP contribution in [0.5, 0.6) is 0 Å². The molecule has 1 aromatic heterocycles. The Labute approximate surface area is 100 Å². The van der Waals surface area contributed by atoms with Crippen LogP contribution in [0.2, 0.25) is 5.02 Å². The highest BCUT2D eigenvalue weighted by Crippen LogP contribution is 2.25. The van der Waals surface area contributed by atoms with Gasteiger partial charge in [-0.2, -0.15) is 0 Å². The predicted molar refractivity (Wildman–Crippen MR) is 58.7 cm³/mol.